The van der Waals surface area contributed by atoms with Crippen LogP contribution in [0.25, 0.3) is 0 Å². The Labute approximate surface area is 109 Å². The van der Waals surface area contributed by atoms with E-state index in [1.54, 1.807) is 0 Å². The van der Waals surface area contributed by atoms with Crippen LogP contribution in [0, 0.1) is 5.92 Å². The molecule has 0 aromatic rings. The molecule has 4 N–H and O–H groups in total. The molecule has 0 fully saturated rings. The number of nitrogens with one attached hydrogen (secondary N) is 1. The van der Waals surface area contributed by atoms with Gasteiger partial charge in [-0.25, -0.2) is 0 Å². The topological polar surface area (TPSA) is 92.4 Å². The Kier molecular flexibility index (Phi) is 9.28. The zero-order valence-electron chi connectivity index (χ0n) is 11.4. The van der Waals surface area contributed by atoms with Crippen molar-refractivity contribution in [2.45, 2.75) is 58.4 Å². The molecule has 0 aliphatic rings. The summed E-state index contributed by atoms with van der Waals surface area (Å²) < 4.78 is 0. The molecule has 0 rings (SSSR count). The molecule has 5 nitrogen and oxygen atoms in total. The first-order chi connectivity index (χ1) is 8.43. The maximum Gasteiger partial charge on any atom is 0.305 e. The number of carbonyl (C=O) groups is 2. The summed E-state index contributed by atoms with van der Waals surface area (Å²) in [5, 5.41) is 11.1. The van der Waals surface area contributed by atoms with Gasteiger partial charge in [-0.05, 0) is 12.3 Å². The van der Waals surface area contributed by atoms with E-state index >= 15 is 0 Å². The highest BCUT2D eigenvalue weighted by Crippen LogP contribution is 2.08. The van der Waals surface area contributed by atoms with E-state index in [9.17, 15) is 9.59 Å². The highest BCUT2D eigenvalue weighted by atomic mass is 16.4. The summed E-state index contributed by atoms with van der Waals surface area (Å²) in [6.45, 7) is 5.00. The Hall–Kier alpha value is -1.10. The lowest BCUT2D eigenvalue weighted by atomic mass is 10.0. The number of hydrogen-bond donors (Lipinski definition) is 3. The fourth-order valence-electron chi connectivity index (χ4n) is 1.65. The van der Waals surface area contributed by atoms with E-state index < -0.39 is 12.0 Å². The summed E-state index contributed by atoms with van der Waals surface area (Å²) in [4.78, 5) is 21.7. The number of aliphatic carboxylic acids is 1. The molecule has 0 saturated heterocycles. The highest BCUT2D eigenvalue weighted by Gasteiger charge is 2.15. The Bertz CT molecular complexity index is 255. The molecule has 0 spiro atoms. The number of carboxylic acids is 1. The summed E-state index contributed by atoms with van der Waals surface area (Å²) in [7, 11) is 0. The zero-order valence-corrected chi connectivity index (χ0v) is 11.4. The van der Waals surface area contributed by atoms with Crippen LogP contribution >= 0.6 is 0 Å². The predicted octanol–water partition coefficient (Wildman–Crippen LogP) is 1.51. The van der Waals surface area contributed by atoms with Crippen molar-refractivity contribution < 1.29 is 14.7 Å². The SMILES string of the molecule is CC(C)CCCCCCNC(=O)C(N)CC(=O)O. The molecule has 5 heteroatoms. The van der Waals surface area contributed by atoms with E-state index in [1.807, 2.05) is 0 Å². The van der Waals surface area contributed by atoms with Crippen molar-refractivity contribution in [1.29, 1.82) is 0 Å². The summed E-state index contributed by atoms with van der Waals surface area (Å²) >= 11 is 0. The van der Waals surface area contributed by atoms with Gasteiger partial charge in [0.15, 0.2) is 0 Å². The van der Waals surface area contributed by atoms with Gasteiger partial charge in [0.25, 0.3) is 0 Å². The van der Waals surface area contributed by atoms with Crippen LogP contribution in [0.1, 0.15) is 52.4 Å². The molecule has 0 bridgehead atoms. The third-order valence-corrected chi connectivity index (χ3v) is 2.74. The van der Waals surface area contributed by atoms with Crippen LogP contribution in [0.15, 0.2) is 0 Å². The number of carboxylic acid groups (broad SMARTS) is 1. The predicted molar refractivity (Wildman–Crippen MR) is 71.2 cm³/mol. The second kappa shape index (κ2) is 9.88. The monoisotopic (exact) mass is 258 g/mol. The fraction of sp³-hybridized carbons (Fsp3) is 0.846. The lowest BCUT2D eigenvalue weighted by Gasteiger charge is -2.10. The molecule has 0 aromatic carbocycles. The minimum Gasteiger partial charge on any atom is -0.481 e. The van der Waals surface area contributed by atoms with Gasteiger partial charge in [0, 0.05) is 6.54 Å². The molecule has 0 aromatic heterocycles. The van der Waals surface area contributed by atoms with Crippen LogP contribution < -0.4 is 11.1 Å². The summed E-state index contributed by atoms with van der Waals surface area (Å²) in [6, 6.07) is -0.941. The van der Waals surface area contributed by atoms with Crippen LogP contribution in [0.5, 0.6) is 0 Å². The molecular weight excluding hydrogens is 232 g/mol. The number of hydrogen-bond acceptors (Lipinski definition) is 3. The van der Waals surface area contributed by atoms with E-state index in [0.717, 1.165) is 18.8 Å². The Balaban J connectivity index is 3.43. The molecular formula is C13H26N2O3. The second-order valence-corrected chi connectivity index (χ2v) is 5.09. The standard InChI is InChI=1S/C13H26N2O3/c1-10(2)7-5-3-4-6-8-15-13(18)11(14)9-12(16)17/h10-11H,3-9,14H2,1-2H3,(H,15,18)(H,16,17). The van der Waals surface area contributed by atoms with E-state index in [4.69, 9.17) is 10.8 Å². The Morgan fingerprint density at radius 3 is 2.33 bits per heavy atom. The number of rotatable bonds is 10. The second-order valence-electron chi connectivity index (χ2n) is 5.09. The smallest absolute Gasteiger partial charge is 0.305 e. The van der Waals surface area contributed by atoms with Crippen molar-refractivity contribution in [3.8, 4) is 0 Å². The molecule has 18 heavy (non-hydrogen) atoms. The quantitative estimate of drug-likeness (QED) is 0.518. The van der Waals surface area contributed by atoms with Crippen molar-refractivity contribution in [1.82, 2.24) is 5.32 Å². The zero-order chi connectivity index (χ0) is 14.0. The molecule has 1 atom stereocenters. The molecule has 0 aliphatic carbocycles. The van der Waals surface area contributed by atoms with Crippen molar-refractivity contribution in [2.24, 2.45) is 11.7 Å². The molecule has 1 amide bonds. The molecule has 0 saturated carbocycles. The van der Waals surface area contributed by atoms with Crippen LogP contribution in [0.3, 0.4) is 0 Å². The first kappa shape index (κ1) is 16.9. The third kappa shape index (κ3) is 10.1. The molecule has 106 valence electrons. The van der Waals surface area contributed by atoms with E-state index in [1.165, 1.54) is 19.3 Å². The number of amides is 1. The van der Waals surface area contributed by atoms with Gasteiger partial charge >= 0.3 is 5.97 Å². The summed E-state index contributed by atoms with van der Waals surface area (Å²) in [5.74, 6) is -0.676. The van der Waals surface area contributed by atoms with Crippen molar-refractivity contribution in [2.75, 3.05) is 6.54 Å². The lowest BCUT2D eigenvalue weighted by molar-refractivity contribution is -0.139. The van der Waals surface area contributed by atoms with Crippen LogP contribution in [0.4, 0.5) is 0 Å². The van der Waals surface area contributed by atoms with Crippen LogP contribution in [-0.4, -0.2) is 29.6 Å². The molecule has 0 aliphatic heterocycles. The first-order valence-electron chi connectivity index (χ1n) is 6.68. The van der Waals surface area contributed by atoms with Crippen LogP contribution in [-0.2, 0) is 9.59 Å². The van der Waals surface area contributed by atoms with Crippen molar-refractivity contribution in [3.63, 3.8) is 0 Å². The summed E-state index contributed by atoms with van der Waals surface area (Å²) in [5.41, 5.74) is 5.42. The molecule has 0 heterocycles. The average Bonchev–Trinajstić information content (AvgIpc) is 2.26. The van der Waals surface area contributed by atoms with Crippen molar-refractivity contribution in [3.05, 3.63) is 0 Å². The Morgan fingerprint density at radius 1 is 1.17 bits per heavy atom. The minimum atomic E-state index is -1.05. The normalized spacial score (nSPS) is 12.4. The third-order valence-electron chi connectivity index (χ3n) is 2.74. The van der Waals surface area contributed by atoms with Gasteiger partial charge in [-0.1, -0.05) is 39.5 Å². The van der Waals surface area contributed by atoms with Gasteiger partial charge in [-0.2, -0.15) is 0 Å². The number of nitrogens with two attached hydrogens (primary N) is 1. The van der Waals surface area contributed by atoms with Crippen LogP contribution in [0.2, 0.25) is 0 Å². The first-order valence-corrected chi connectivity index (χ1v) is 6.68. The van der Waals surface area contributed by atoms with Gasteiger partial charge in [0.2, 0.25) is 5.91 Å². The van der Waals surface area contributed by atoms with Gasteiger partial charge < -0.3 is 16.2 Å². The molecule has 1 unspecified atom stereocenters. The Morgan fingerprint density at radius 2 is 1.78 bits per heavy atom. The van der Waals surface area contributed by atoms with Gasteiger partial charge in [0.1, 0.15) is 0 Å². The molecule has 0 radical (unpaired) electrons. The van der Waals surface area contributed by atoms with Crippen molar-refractivity contribution >= 4 is 11.9 Å². The van der Waals surface area contributed by atoms with Gasteiger partial charge in [-0.3, -0.25) is 9.59 Å². The lowest BCUT2D eigenvalue weighted by Crippen LogP contribution is -2.42. The fourth-order valence-corrected chi connectivity index (χ4v) is 1.65. The largest absolute Gasteiger partial charge is 0.481 e. The summed E-state index contributed by atoms with van der Waals surface area (Å²) in [6.07, 6.45) is 5.33. The van der Waals surface area contributed by atoms with Gasteiger partial charge in [0.05, 0.1) is 12.5 Å². The maximum atomic E-state index is 11.4. The van der Waals surface area contributed by atoms with E-state index in [0.29, 0.717) is 6.54 Å². The highest BCUT2D eigenvalue weighted by molar-refractivity contribution is 5.85. The van der Waals surface area contributed by atoms with E-state index in [2.05, 4.69) is 19.2 Å². The number of unbranched alkanes of at least 4 members (excludes halogenated alkanes) is 3. The van der Waals surface area contributed by atoms with Gasteiger partial charge in [-0.15, -0.1) is 0 Å². The number of carbonyl (C=O) groups excluding carboxylic acids is 1. The maximum absolute atomic E-state index is 11.4. The van der Waals surface area contributed by atoms with E-state index in [-0.39, 0.29) is 12.3 Å². The minimum absolute atomic E-state index is 0.319. The average molecular weight is 258 g/mol.